The van der Waals surface area contributed by atoms with E-state index in [9.17, 15) is 9.59 Å². The van der Waals surface area contributed by atoms with Crippen LogP contribution in [-0.4, -0.2) is 40.6 Å². The lowest BCUT2D eigenvalue weighted by atomic mass is 10.1. The number of para-hydroxylation sites is 1. The number of anilines is 1. The molecule has 6 heteroatoms. The van der Waals surface area contributed by atoms with Crippen LogP contribution < -0.4 is 16.1 Å². The molecule has 0 atom stereocenters. The van der Waals surface area contributed by atoms with Crippen LogP contribution in [0.5, 0.6) is 0 Å². The van der Waals surface area contributed by atoms with Gasteiger partial charge in [-0.2, -0.15) is 0 Å². The summed E-state index contributed by atoms with van der Waals surface area (Å²) < 4.78 is 1.23. The number of nitrogens with one attached hydrogen (secondary N) is 1. The molecule has 27 heavy (non-hydrogen) atoms. The third kappa shape index (κ3) is 3.53. The maximum atomic E-state index is 12.4. The molecule has 0 bridgehead atoms. The largest absolute Gasteiger partial charge is 0.369 e. The Morgan fingerprint density at radius 3 is 2.41 bits per heavy atom. The van der Waals surface area contributed by atoms with E-state index in [1.807, 2.05) is 24.3 Å². The molecule has 140 valence electrons. The van der Waals surface area contributed by atoms with Crippen LogP contribution in [0.15, 0.2) is 58.1 Å². The highest BCUT2D eigenvalue weighted by atomic mass is 16.2. The molecule has 0 aliphatic carbocycles. The standard InChI is InChI=1S/C21H24N4O2/c1-2-25-20(26)18-9-8-16(14-19(18)22-21(25)27)15-23-10-12-24(13-11-23)17-6-4-3-5-7-17/h3-9,14H,2,10-13,15H2,1H3,(H,22,27). The summed E-state index contributed by atoms with van der Waals surface area (Å²) in [4.78, 5) is 32.1. The van der Waals surface area contributed by atoms with Gasteiger partial charge in [-0.3, -0.25) is 14.3 Å². The third-order valence-corrected chi connectivity index (χ3v) is 5.26. The van der Waals surface area contributed by atoms with Gasteiger partial charge < -0.3 is 9.88 Å². The number of aromatic nitrogens is 2. The molecule has 1 fully saturated rings. The summed E-state index contributed by atoms with van der Waals surface area (Å²) in [6.45, 7) is 6.95. The molecule has 2 heterocycles. The average Bonchev–Trinajstić information content (AvgIpc) is 2.69. The number of piperazine rings is 1. The summed E-state index contributed by atoms with van der Waals surface area (Å²) in [5.74, 6) is 0. The van der Waals surface area contributed by atoms with E-state index in [2.05, 4.69) is 39.0 Å². The van der Waals surface area contributed by atoms with Crippen molar-refractivity contribution in [3.05, 3.63) is 74.9 Å². The van der Waals surface area contributed by atoms with Crippen molar-refractivity contribution in [2.24, 2.45) is 0 Å². The van der Waals surface area contributed by atoms with E-state index < -0.39 is 0 Å². The number of fused-ring (bicyclic) bond motifs is 1. The molecule has 0 unspecified atom stereocenters. The smallest absolute Gasteiger partial charge is 0.328 e. The van der Waals surface area contributed by atoms with Crippen molar-refractivity contribution in [3.63, 3.8) is 0 Å². The highest BCUT2D eigenvalue weighted by Gasteiger charge is 2.17. The first-order valence-electron chi connectivity index (χ1n) is 9.44. The van der Waals surface area contributed by atoms with Gasteiger partial charge in [0.25, 0.3) is 5.56 Å². The fraction of sp³-hybridized carbons (Fsp3) is 0.333. The van der Waals surface area contributed by atoms with Crippen LogP contribution in [-0.2, 0) is 13.1 Å². The van der Waals surface area contributed by atoms with Crippen LogP contribution in [0.3, 0.4) is 0 Å². The highest BCUT2D eigenvalue weighted by Crippen LogP contribution is 2.17. The number of hydrogen-bond acceptors (Lipinski definition) is 4. The van der Waals surface area contributed by atoms with E-state index in [0.717, 1.165) is 38.3 Å². The van der Waals surface area contributed by atoms with Gasteiger partial charge in [-0.1, -0.05) is 24.3 Å². The molecule has 3 aromatic rings. The minimum atomic E-state index is -0.344. The van der Waals surface area contributed by atoms with Crippen molar-refractivity contribution < 1.29 is 0 Å². The van der Waals surface area contributed by atoms with Crippen molar-refractivity contribution >= 4 is 16.6 Å². The van der Waals surface area contributed by atoms with E-state index in [0.29, 0.717) is 17.4 Å². The number of nitrogens with zero attached hydrogens (tertiary/aromatic N) is 3. The van der Waals surface area contributed by atoms with Crippen LogP contribution in [0.2, 0.25) is 0 Å². The van der Waals surface area contributed by atoms with Crippen LogP contribution in [0, 0.1) is 0 Å². The zero-order chi connectivity index (χ0) is 18.8. The molecule has 0 radical (unpaired) electrons. The Hall–Kier alpha value is -2.86. The zero-order valence-corrected chi connectivity index (χ0v) is 15.5. The number of rotatable bonds is 4. The topological polar surface area (TPSA) is 61.3 Å². The van der Waals surface area contributed by atoms with Gasteiger partial charge in [0.05, 0.1) is 10.9 Å². The van der Waals surface area contributed by atoms with Crippen molar-refractivity contribution in [2.45, 2.75) is 20.0 Å². The van der Waals surface area contributed by atoms with Gasteiger partial charge in [-0.25, -0.2) is 4.79 Å². The van der Waals surface area contributed by atoms with E-state index >= 15 is 0 Å². The summed E-state index contributed by atoms with van der Waals surface area (Å²) in [6.07, 6.45) is 0. The predicted molar refractivity (Wildman–Crippen MR) is 108 cm³/mol. The first-order valence-corrected chi connectivity index (χ1v) is 9.44. The molecule has 0 amide bonds. The van der Waals surface area contributed by atoms with E-state index in [1.54, 1.807) is 6.92 Å². The van der Waals surface area contributed by atoms with Crippen LogP contribution in [0.25, 0.3) is 10.9 Å². The molecule has 4 rings (SSSR count). The SMILES string of the molecule is CCn1c(=O)[nH]c2cc(CN3CCN(c4ccccc4)CC3)ccc2c1=O. The second-order valence-electron chi connectivity index (χ2n) is 6.96. The Balaban J connectivity index is 1.48. The Morgan fingerprint density at radius 2 is 1.70 bits per heavy atom. The number of hydrogen-bond donors (Lipinski definition) is 1. The average molecular weight is 364 g/mol. The summed E-state index contributed by atoms with van der Waals surface area (Å²) >= 11 is 0. The van der Waals surface area contributed by atoms with Crippen molar-refractivity contribution in [1.29, 1.82) is 0 Å². The van der Waals surface area contributed by atoms with Crippen molar-refractivity contribution in [1.82, 2.24) is 14.5 Å². The minimum absolute atomic E-state index is 0.223. The lowest BCUT2D eigenvalue weighted by Crippen LogP contribution is -2.45. The van der Waals surface area contributed by atoms with Gasteiger partial charge in [0, 0.05) is 45.0 Å². The van der Waals surface area contributed by atoms with Crippen molar-refractivity contribution in [2.75, 3.05) is 31.1 Å². The minimum Gasteiger partial charge on any atom is -0.369 e. The molecular formula is C21H24N4O2. The van der Waals surface area contributed by atoms with Gasteiger partial charge in [0.2, 0.25) is 0 Å². The molecule has 0 saturated carbocycles. The van der Waals surface area contributed by atoms with Crippen LogP contribution in [0.1, 0.15) is 12.5 Å². The molecule has 1 saturated heterocycles. The lowest BCUT2D eigenvalue weighted by molar-refractivity contribution is 0.250. The van der Waals surface area contributed by atoms with Crippen molar-refractivity contribution in [3.8, 4) is 0 Å². The first kappa shape index (κ1) is 17.5. The third-order valence-electron chi connectivity index (χ3n) is 5.26. The zero-order valence-electron chi connectivity index (χ0n) is 15.5. The van der Waals surface area contributed by atoms with Gasteiger partial charge in [0.1, 0.15) is 0 Å². The maximum absolute atomic E-state index is 12.4. The Bertz CT molecular complexity index is 1050. The molecule has 1 aromatic heterocycles. The number of aromatic amines is 1. The maximum Gasteiger partial charge on any atom is 0.328 e. The molecule has 1 aliphatic heterocycles. The monoisotopic (exact) mass is 364 g/mol. The van der Waals surface area contributed by atoms with E-state index in [4.69, 9.17) is 0 Å². The Morgan fingerprint density at radius 1 is 0.963 bits per heavy atom. The van der Waals surface area contributed by atoms with Crippen LogP contribution >= 0.6 is 0 Å². The molecular weight excluding hydrogens is 340 g/mol. The molecule has 6 nitrogen and oxygen atoms in total. The van der Waals surface area contributed by atoms with Gasteiger partial charge in [0.15, 0.2) is 0 Å². The second kappa shape index (κ2) is 7.40. The molecule has 2 aromatic carbocycles. The fourth-order valence-electron chi connectivity index (χ4n) is 3.75. The Labute approximate surface area is 157 Å². The van der Waals surface area contributed by atoms with E-state index in [-0.39, 0.29) is 11.2 Å². The number of benzene rings is 2. The summed E-state index contributed by atoms with van der Waals surface area (Å²) in [5.41, 5.74) is 2.44. The molecule has 1 N–H and O–H groups in total. The highest BCUT2D eigenvalue weighted by molar-refractivity contribution is 5.77. The molecule has 0 spiro atoms. The second-order valence-corrected chi connectivity index (χ2v) is 6.96. The van der Waals surface area contributed by atoms with Gasteiger partial charge in [-0.05, 0) is 36.8 Å². The van der Waals surface area contributed by atoms with Crippen LogP contribution in [0.4, 0.5) is 5.69 Å². The fourth-order valence-corrected chi connectivity index (χ4v) is 3.75. The summed E-state index contributed by atoms with van der Waals surface area (Å²) in [5, 5.41) is 0.564. The normalized spacial score (nSPS) is 15.4. The predicted octanol–water partition coefficient (Wildman–Crippen LogP) is 2.03. The van der Waals surface area contributed by atoms with E-state index in [1.165, 1.54) is 10.3 Å². The first-order chi connectivity index (χ1) is 13.2. The Kier molecular flexibility index (Phi) is 4.81. The van der Waals surface area contributed by atoms with Gasteiger partial charge >= 0.3 is 5.69 Å². The summed E-state index contributed by atoms with van der Waals surface area (Å²) in [7, 11) is 0. The quantitative estimate of drug-likeness (QED) is 0.770. The lowest BCUT2D eigenvalue weighted by Gasteiger charge is -2.36. The molecule has 1 aliphatic rings. The van der Waals surface area contributed by atoms with Gasteiger partial charge in [-0.15, -0.1) is 0 Å². The summed E-state index contributed by atoms with van der Waals surface area (Å²) in [6, 6.07) is 16.2. The number of H-pyrrole nitrogens is 1.